The lowest BCUT2D eigenvalue weighted by Crippen LogP contribution is -2.35. The van der Waals surface area contributed by atoms with Gasteiger partial charge in [-0.25, -0.2) is 9.78 Å². The molecule has 5 aromatic rings. The molecule has 0 saturated carbocycles. The third kappa shape index (κ3) is 6.74. The molecule has 1 saturated heterocycles. The molecule has 1 N–H and O–H groups in total. The summed E-state index contributed by atoms with van der Waals surface area (Å²) in [6.07, 6.45) is 4.87. The Morgan fingerprint density at radius 3 is 2.24 bits per heavy atom. The van der Waals surface area contributed by atoms with E-state index >= 15 is 0 Å². The average Bonchev–Trinajstić information content (AvgIpc) is 3.49. The molecule has 0 bridgehead atoms. The van der Waals surface area contributed by atoms with Crippen LogP contribution in [0, 0.1) is 0 Å². The summed E-state index contributed by atoms with van der Waals surface area (Å²) in [6.45, 7) is 8.30. The third-order valence-electron chi connectivity index (χ3n) is 8.46. The van der Waals surface area contributed by atoms with Gasteiger partial charge in [0.2, 0.25) is 0 Å². The highest BCUT2D eigenvalue weighted by molar-refractivity contribution is 5.80. The van der Waals surface area contributed by atoms with Crippen LogP contribution in [0.5, 0.6) is 5.75 Å². The van der Waals surface area contributed by atoms with Crippen molar-refractivity contribution in [1.82, 2.24) is 19.7 Å². The number of nitrogens with one attached hydrogen (secondary N) is 1. The number of H-pyrrole nitrogens is 1. The average molecular weight is 621 g/mol. The minimum atomic E-state index is -0.597. The molecule has 0 radical (unpaired) electrons. The largest absolute Gasteiger partial charge is 0.490 e. The van der Waals surface area contributed by atoms with E-state index in [9.17, 15) is 9.59 Å². The summed E-state index contributed by atoms with van der Waals surface area (Å²) in [4.78, 5) is 33.5. The maximum absolute atomic E-state index is 14.2. The van der Waals surface area contributed by atoms with Crippen molar-refractivity contribution >= 4 is 0 Å². The number of aromatic nitrogens is 4. The first kappa shape index (κ1) is 31.2. The van der Waals surface area contributed by atoms with Crippen LogP contribution in [-0.4, -0.2) is 38.0 Å². The fourth-order valence-corrected chi connectivity index (χ4v) is 6.37. The van der Waals surface area contributed by atoms with Crippen LogP contribution < -0.4 is 16.1 Å². The predicted molar refractivity (Wildman–Crippen MR) is 178 cm³/mol. The summed E-state index contributed by atoms with van der Waals surface area (Å²) >= 11 is 0. The summed E-state index contributed by atoms with van der Waals surface area (Å²) < 4.78 is 18.6. The van der Waals surface area contributed by atoms with Crippen molar-refractivity contribution < 1.29 is 14.0 Å². The lowest BCUT2D eigenvalue weighted by atomic mass is 9.96. The molecule has 3 aromatic carbocycles. The highest BCUT2D eigenvalue weighted by Crippen LogP contribution is 2.30. The lowest BCUT2D eigenvalue weighted by molar-refractivity contribution is -0.0721. The number of aromatic amines is 1. The summed E-state index contributed by atoms with van der Waals surface area (Å²) in [6, 6.07) is 23.6. The number of ether oxygens (including phenoxy) is 2. The van der Waals surface area contributed by atoms with Gasteiger partial charge in [-0.05, 0) is 61.2 Å². The molecule has 9 nitrogen and oxygen atoms in total. The van der Waals surface area contributed by atoms with E-state index in [1.165, 1.54) is 0 Å². The highest BCUT2D eigenvalue weighted by Gasteiger charge is 2.26. The summed E-state index contributed by atoms with van der Waals surface area (Å²) in [5.74, 6) is 1.31. The Morgan fingerprint density at radius 2 is 1.61 bits per heavy atom. The molecule has 1 fully saturated rings. The fourth-order valence-electron chi connectivity index (χ4n) is 6.37. The van der Waals surface area contributed by atoms with Crippen LogP contribution in [0.2, 0.25) is 0 Å². The van der Waals surface area contributed by atoms with Gasteiger partial charge in [0, 0.05) is 36.8 Å². The van der Waals surface area contributed by atoms with Crippen LogP contribution in [0.4, 0.5) is 0 Å². The summed E-state index contributed by atoms with van der Waals surface area (Å²) in [5, 5.41) is 3.87. The van der Waals surface area contributed by atoms with Gasteiger partial charge in [-0.1, -0.05) is 74.0 Å². The van der Waals surface area contributed by atoms with Crippen molar-refractivity contribution in [2.45, 2.75) is 84.5 Å². The number of benzene rings is 3. The normalized spacial score (nSPS) is 18.0. The molecule has 46 heavy (non-hydrogen) atoms. The standard InChI is InChI=1S/C37H40N4O5/c1-5-9-33-32(22-25-12-14-26(15-13-25)30-10-7-8-11-31(30)35-39-37(43)46-40-35)36(42)41(34(6-2)38-33)27-16-18-28(19-17-27)45-29-20-23(3)44-24(4)21-29/h7-8,10-19,23-24,29H,5-6,9,20-22H2,1-4H3,(H,39,40,43). The first-order chi connectivity index (χ1) is 22.3. The molecule has 2 aromatic heterocycles. The fraction of sp³-hybridized carbons (Fsp3) is 0.351. The number of nitrogens with zero attached hydrogens (tertiary/aromatic N) is 3. The maximum atomic E-state index is 14.2. The molecular formula is C37H40N4O5. The van der Waals surface area contributed by atoms with Crippen LogP contribution in [0.3, 0.4) is 0 Å². The van der Waals surface area contributed by atoms with Crippen molar-refractivity contribution in [3.63, 3.8) is 0 Å². The van der Waals surface area contributed by atoms with Gasteiger partial charge in [-0.15, -0.1) is 0 Å². The third-order valence-corrected chi connectivity index (χ3v) is 8.46. The molecule has 6 rings (SSSR count). The van der Waals surface area contributed by atoms with Crippen molar-refractivity contribution in [3.8, 4) is 34.0 Å². The lowest BCUT2D eigenvalue weighted by Gasteiger charge is -2.32. The van der Waals surface area contributed by atoms with Crippen LogP contribution >= 0.6 is 0 Å². The molecule has 0 aliphatic carbocycles. The molecule has 1 aliphatic heterocycles. The Labute approximate surface area is 268 Å². The Morgan fingerprint density at radius 1 is 0.913 bits per heavy atom. The zero-order valence-electron chi connectivity index (χ0n) is 26.8. The van der Waals surface area contributed by atoms with Gasteiger partial charge in [0.15, 0.2) is 5.82 Å². The second kappa shape index (κ2) is 13.7. The van der Waals surface area contributed by atoms with Crippen LogP contribution in [-0.2, 0) is 24.0 Å². The molecule has 2 unspecified atom stereocenters. The van der Waals surface area contributed by atoms with Gasteiger partial charge >= 0.3 is 5.76 Å². The van der Waals surface area contributed by atoms with E-state index in [4.69, 9.17) is 19.0 Å². The van der Waals surface area contributed by atoms with Crippen molar-refractivity contribution in [2.75, 3.05) is 0 Å². The van der Waals surface area contributed by atoms with Crippen molar-refractivity contribution in [1.29, 1.82) is 0 Å². The molecular weight excluding hydrogens is 580 g/mol. The summed E-state index contributed by atoms with van der Waals surface area (Å²) in [5.41, 5.74) is 5.94. The Bertz CT molecular complexity index is 1900. The number of hydrogen-bond acceptors (Lipinski definition) is 7. The zero-order valence-corrected chi connectivity index (χ0v) is 26.8. The topological polar surface area (TPSA) is 112 Å². The zero-order chi connectivity index (χ0) is 32.2. The van der Waals surface area contributed by atoms with Gasteiger partial charge < -0.3 is 9.47 Å². The van der Waals surface area contributed by atoms with E-state index in [1.54, 1.807) is 4.57 Å². The predicted octanol–water partition coefficient (Wildman–Crippen LogP) is 6.68. The first-order valence-electron chi connectivity index (χ1n) is 16.1. The quantitative estimate of drug-likeness (QED) is 0.185. The molecule has 1 aliphatic rings. The monoisotopic (exact) mass is 620 g/mol. The maximum Gasteiger partial charge on any atom is 0.439 e. The second-order valence-electron chi connectivity index (χ2n) is 12.0. The van der Waals surface area contributed by atoms with Crippen LogP contribution in [0.1, 0.15) is 69.6 Å². The first-order valence-corrected chi connectivity index (χ1v) is 16.1. The molecule has 9 heteroatoms. The van der Waals surface area contributed by atoms with Crippen LogP contribution in [0.15, 0.2) is 86.9 Å². The van der Waals surface area contributed by atoms with E-state index in [2.05, 4.69) is 30.9 Å². The minimum Gasteiger partial charge on any atom is -0.490 e. The van der Waals surface area contributed by atoms with Gasteiger partial charge in [0.1, 0.15) is 17.7 Å². The Balaban J connectivity index is 1.29. The number of rotatable bonds is 10. The molecule has 0 spiro atoms. The van der Waals surface area contributed by atoms with E-state index < -0.39 is 5.76 Å². The Kier molecular flexibility index (Phi) is 9.30. The van der Waals surface area contributed by atoms with E-state index in [0.717, 1.165) is 70.9 Å². The van der Waals surface area contributed by atoms with E-state index in [-0.39, 0.29) is 23.9 Å². The van der Waals surface area contributed by atoms with Crippen molar-refractivity contribution in [3.05, 3.63) is 116 Å². The van der Waals surface area contributed by atoms with Gasteiger partial charge in [-0.3, -0.25) is 18.9 Å². The van der Waals surface area contributed by atoms with E-state index in [1.807, 2.05) is 79.7 Å². The SMILES string of the molecule is CCCc1nc(CC)n(-c2ccc(OC3CC(C)OC(C)C3)cc2)c(=O)c1Cc1ccc(-c2ccccc2-c2noc(=O)[nH]2)cc1. The van der Waals surface area contributed by atoms with Gasteiger partial charge in [0.05, 0.1) is 23.6 Å². The summed E-state index contributed by atoms with van der Waals surface area (Å²) in [7, 11) is 0. The van der Waals surface area contributed by atoms with E-state index in [0.29, 0.717) is 24.2 Å². The van der Waals surface area contributed by atoms with Crippen LogP contribution in [0.25, 0.3) is 28.2 Å². The highest BCUT2D eigenvalue weighted by atomic mass is 16.5. The molecule has 3 heterocycles. The number of hydrogen-bond donors (Lipinski definition) is 1. The Hall–Kier alpha value is -4.76. The second-order valence-corrected chi connectivity index (χ2v) is 12.0. The molecule has 2 atom stereocenters. The van der Waals surface area contributed by atoms with Gasteiger partial charge in [0.25, 0.3) is 5.56 Å². The smallest absolute Gasteiger partial charge is 0.439 e. The minimum absolute atomic E-state index is 0.0412. The van der Waals surface area contributed by atoms with Gasteiger partial charge in [-0.2, -0.15) is 0 Å². The molecule has 0 amide bonds. The number of aryl methyl sites for hydroxylation is 2. The van der Waals surface area contributed by atoms with Crippen molar-refractivity contribution in [2.24, 2.45) is 0 Å². The molecule has 238 valence electrons.